The van der Waals surface area contributed by atoms with E-state index in [-0.39, 0.29) is 5.75 Å². The van der Waals surface area contributed by atoms with Gasteiger partial charge in [0.05, 0.1) is 0 Å². The van der Waals surface area contributed by atoms with Gasteiger partial charge in [-0.1, -0.05) is 53.6 Å². The fourth-order valence-electron chi connectivity index (χ4n) is 2.72. The number of phenols is 1. The molecule has 0 aromatic heterocycles. The molecule has 0 spiro atoms. The average molecular weight is 304 g/mol. The maximum atomic E-state index is 9.34. The first-order valence-corrected chi connectivity index (χ1v) is 7.69. The molecule has 0 aliphatic heterocycles. The molecular formula is C21H20O2. The summed E-state index contributed by atoms with van der Waals surface area (Å²) in [7, 11) is 0. The Morgan fingerprint density at radius 3 is 1.83 bits per heavy atom. The van der Waals surface area contributed by atoms with E-state index < -0.39 is 0 Å². The van der Waals surface area contributed by atoms with Gasteiger partial charge in [0.25, 0.3) is 0 Å². The standard InChI is InChI=1S/C21H20O2/c1-15-11-16(2)13-17(12-15)14-23-21-9-5-19(6-10-21)18-3-7-20(22)8-4-18/h3-13,22H,14H2,1-2H3. The van der Waals surface area contributed by atoms with Crippen LogP contribution < -0.4 is 4.74 Å². The summed E-state index contributed by atoms with van der Waals surface area (Å²) >= 11 is 0. The number of aromatic hydroxyl groups is 1. The van der Waals surface area contributed by atoms with Crippen LogP contribution in [0.4, 0.5) is 0 Å². The number of rotatable bonds is 4. The predicted octanol–water partition coefficient (Wildman–Crippen LogP) is 5.26. The van der Waals surface area contributed by atoms with Crippen LogP contribution in [0.1, 0.15) is 16.7 Å². The lowest BCUT2D eigenvalue weighted by atomic mass is 10.1. The van der Waals surface area contributed by atoms with Crippen LogP contribution in [-0.2, 0) is 6.61 Å². The van der Waals surface area contributed by atoms with E-state index in [0.29, 0.717) is 6.61 Å². The lowest BCUT2D eigenvalue weighted by Crippen LogP contribution is -1.96. The molecule has 23 heavy (non-hydrogen) atoms. The van der Waals surface area contributed by atoms with Crippen molar-refractivity contribution in [3.63, 3.8) is 0 Å². The van der Waals surface area contributed by atoms with E-state index in [1.807, 2.05) is 36.4 Å². The molecule has 2 nitrogen and oxygen atoms in total. The fraction of sp³-hybridized carbons (Fsp3) is 0.143. The molecule has 0 heterocycles. The summed E-state index contributed by atoms with van der Waals surface area (Å²) < 4.78 is 5.87. The van der Waals surface area contributed by atoms with Crippen molar-refractivity contribution in [2.75, 3.05) is 0 Å². The minimum Gasteiger partial charge on any atom is -0.508 e. The molecule has 0 aliphatic carbocycles. The second kappa shape index (κ2) is 6.57. The molecule has 3 aromatic carbocycles. The first-order valence-electron chi connectivity index (χ1n) is 7.69. The van der Waals surface area contributed by atoms with Crippen LogP contribution in [0.15, 0.2) is 66.7 Å². The molecule has 0 saturated carbocycles. The summed E-state index contributed by atoms with van der Waals surface area (Å²) in [6, 6.07) is 21.7. The van der Waals surface area contributed by atoms with Crippen molar-refractivity contribution in [3.05, 3.63) is 83.4 Å². The van der Waals surface area contributed by atoms with Crippen molar-refractivity contribution in [1.82, 2.24) is 0 Å². The highest BCUT2D eigenvalue weighted by Gasteiger charge is 2.01. The van der Waals surface area contributed by atoms with Gasteiger partial charge in [-0.2, -0.15) is 0 Å². The second-order valence-corrected chi connectivity index (χ2v) is 5.86. The van der Waals surface area contributed by atoms with Crippen molar-refractivity contribution in [2.24, 2.45) is 0 Å². The molecule has 0 amide bonds. The Bertz CT molecular complexity index is 767. The van der Waals surface area contributed by atoms with E-state index >= 15 is 0 Å². The maximum absolute atomic E-state index is 9.34. The van der Waals surface area contributed by atoms with Gasteiger partial charge in [0.15, 0.2) is 0 Å². The van der Waals surface area contributed by atoms with Gasteiger partial charge >= 0.3 is 0 Å². The molecule has 0 saturated heterocycles. The van der Waals surface area contributed by atoms with Crippen LogP contribution in [0.2, 0.25) is 0 Å². The van der Waals surface area contributed by atoms with Crippen LogP contribution in [0, 0.1) is 13.8 Å². The molecule has 3 rings (SSSR count). The highest BCUT2D eigenvalue weighted by atomic mass is 16.5. The SMILES string of the molecule is Cc1cc(C)cc(COc2ccc(-c3ccc(O)cc3)cc2)c1. The van der Waals surface area contributed by atoms with E-state index in [2.05, 4.69) is 32.0 Å². The smallest absolute Gasteiger partial charge is 0.119 e. The van der Waals surface area contributed by atoms with E-state index in [1.165, 1.54) is 16.7 Å². The molecule has 0 fully saturated rings. The molecule has 1 N–H and O–H groups in total. The highest BCUT2D eigenvalue weighted by Crippen LogP contribution is 2.24. The van der Waals surface area contributed by atoms with Gasteiger partial charge in [0.1, 0.15) is 18.1 Å². The van der Waals surface area contributed by atoms with Crippen molar-refractivity contribution < 1.29 is 9.84 Å². The van der Waals surface area contributed by atoms with Crippen LogP contribution in [0.3, 0.4) is 0 Å². The first kappa shape index (κ1) is 15.2. The van der Waals surface area contributed by atoms with E-state index in [4.69, 9.17) is 4.74 Å². The van der Waals surface area contributed by atoms with Gasteiger partial charge in [-0.3, -0.25) is 0 Å². The molecule has 0 radical (unpaired) electrons. The lowest BCUT2D eigenvalue weighted by Gasteiger charge is -2.09. The van der Waals surface area contributed by atoms with E-state index in [9.17, 15) is 5.11 Å². The molecule has 0 unspecified atom stereocenters. The second-order valence-electron chi connectivity index (χ2n) is 5.86. The predicted molar refractivity (Wildman–Crippen MR) is 93.8 cm³/mol. The number of hydrogen-bond acceptors (Lipinski definition) is 2. The molecule has 0 atom stereocenters. The first-order chi connectivity index (χ1) is 11.1. The third-order valence-corrected chi connectivity index (χ3v) is 3.74. The largest absolute Gasteiger partial charge is 0.508 e. The van der Waals surface area contributed by atoms with Gasteiger partial charge in [-0.15, -0.1) is 0 Å². The Labute approximate surface area is 137 Å². The number of benzene rings is 3. The van der Waals surface area contributed by atoms with Crippen LogP contribution >= 0.6 is 0 Å². The number of aryl methyl sites for hydroxylation is 2. The summed E-state index contributed by atoms with van der Waals surface area (Å²) in [6.07, 6.45) is 0. The molecule has 0 bridgehead atoms. The quantitative estimate of drug-likeness (QED) is 0.713. The van der Waals surface area contributed by atoms with Gasteiger partial charge in [0.2, 0.25) is 0 Å². The molecule has 2 heteroatoms. The van der Waals surface area contributed by atoms with Gasteiger partial charge < -0.3 is 9.84 Å². The zero-order valence-electron chi connectivity index (χ0n) is 13.4. The Hall–Kier alpha value is -2.74. The average Bonchev–Trinajstić information content (AvgIpc) is 2.53. The fourth-order valence-corrected chi connectivity index (χ4v) is 2.72. The van der Waals surface area contributed by atoms with Crippen LogP contribution in [-0.4, -0.2) is 5.11 Å². The monoisotopic (exact) mass is 304 g/mol. The zero-order valence-corrected chi connectivity index (χ0v) is 13.4. The van der Waals surface area contributed by atoms with E-state index in [1.54, 1.807) is 12.1 Å². The van der Waals surface area contributed by atoms with Gasteiger partial charge in [0, 0.05) is 0 Å². The number of hydrogen-bond donors (Lipinski definition) is 1. The third kappa shape index (κ3) is 3.92. The number of phenolic OH excluding ortho intramolecular Hbond substituents is 1. The zero-order chi connectivity index (χ0) is 16.2. The van der Waals surface area contributed by atoms with Crippen molar-refractivity contribution in [1.29, 1.82) is 0 Å². The summed E-state index contributed by atoms with van der Waals surface area (Å²) in [6.45, 7) is 4.77. The summed E-state index contributed by atoms with van der Waals surface area (Å²) in [5, 5.41) is 9.34. The van der Waals surface area contributed by atoms with E-state index in [0.717, 1.165) is 16.9 Å². The normalized spacial score (nSPS) is 10.5. The summed E-state index contributed by atoms with van der Waals surface area (Å²) in [5.74, 6) is 1.13. The topological polar surface area (TPSA) is 29.5 Å². The van der Waals surface area contributed by atoms with Crippen molar-refractivity contribution >= 4 is 0 Å². The maximum Gasteiger partial charge on any atom is 0.119 e. The molecular weight excluding hydrogens is 284 g/mol. The van der Waals surface area contributed by atoms with Gasteiger partial charge in [-0.05, 0) is 54.8 Å². The van der Waals surface area contributed by atoms with Gasteiger partial charge in [-0.25, -0.2) is 0 Å². The highest BCUT2D eigenvalue weighted by molar-refractivity contribution is 5.64. The Balaban J connectivity index is 1.69. The number of ether oxygens (including phenoxy) is 1. The van der Waals surface area contributed by atoms with Crippen molar-refractivity contribution in [3.8, 4) is 22.6 Å². The van der Waals surface area contributed by atoms with Crippen LogP contribution in [0.25, 0.3) is 11.1 Å². The lowest BCUT2D eigenvalue weighted by molar-refractivity contribution is 0.306. The summed E-state index contributed by atoms with van der Waals surface area (Å²) in [5.41, 5.74) is 5.87. The Morgan fingerprint density at radius 2 is 1.26 bits per heavy atom. The minimum absolute atomic E-state index is 0.280. The summed E-state index contributed by atoms with van der Waals surface area (Å²) in [4.78, 5) is 0. The Morgan fingerprint density at radius 1 is 0.739 bits per heavy atom. The minimum atomic E-state index is 0.280. The third-order valence-electron chi connectivity index (χ3n) is 3.74. The molecule has 0 aliphatic rings. The Kier molecular flexibility index (Phi) is 4.33. The molecule has 3 aromatic rings. The molecule has 116 valence electrons. The van der Waals surface area contributed by atoms with Crippen molar-refractivity contribution in [2.45, 2.75) is 20.5 Å². The van der Waals surface area contributed by atoms with Crippen LogP contribution in [0.5, 0.6) is 11.5 Å².